The molecule has 0 bridgehead atoms. The fourth-order valence-electron chi connectivity index (χ4n) is 1.66. The van der Waals surface area contributed by atoms with Crippen molar-refractivity contribution in [2.45, 2.75) is 12.3 Å². The highest BCUT2D eigenvalue weighted by molar-refractivity contribution is 6.31. The van der Waals surface area contributed by atoms with Gasteiger partial charge in [-0.2, -0.15) is 0 Å². The zero-order valence-electron chi connectivity index (χ0n) is 7.58. The lowest BCUT2D eigenvalue weighted by Crippen LogP contribution is -2.00. The predicted octanol–water partition coefficient (Wildman–Crippen LogP) is 4.08. The van der Waals surface area contributed by atoms with Gasteiger partial charge < -0.3 is 0 Å². The van der Waals surface area contributed by atoms with Gasteiger partial charge in [0.1, 0.15) is 5.82 Å². The Kier molecular flexibility index (Phi) is 2.69. The van der Waals surface area contributed by atoms with Crippen LogP contribution in [0.25, 0.3) is 0 Å². The molecule has 0 aliphatic heterocycles. The van der Waals surface area contributed by atoms with E-state index in [1.165, 1.54) is 6.07 Å². The second-order valence-corrected chi connectivity index (χ2v) is 3.70. The number of halogens is 2. The van der Waals surface area contributed by atoms with Crippen LogP contribution in [0.1, 0.15) is 17.9 Å². The van der Waals surface area contributed by atoms with E-state index in [0.717, 1.165) is 6.42 Å². The van der Waals surface area contributed by atoms with E-state index in [4.69, 9.17) is 11.6 Å². The molecule has 1 aromatic rings. The van der Waals surface area contributed by atoms with E-state index in [9.17, 15) is 4.39 Å². The molecule has 1 aliphatic rings. The molecule has 14 heavy (non-hydrogen) atoms. The smallest absolute Gasteiger partial charge is 0.128 e. The summed E-state index contributed by atoms with van der Waals surface area (Å²) in [6.07, 6.45) is 8.71. The molecule has 0 aromatic heterocycles. The maximum absolute atomic E-state index is 13.5. The van der Waals surface area contributed by atoms with E-state index in [-0.39, 0.29) is 11.7 Å². The highest BCUT2D eigenvalue weighted by Gasteiger charge is 2.16. The van der Waals surface area contributed by atoms with E-state index in [1.54, 1.807) is 12.1 Å². The van der Waals surface area contributed by atoms with Gasteiger partial charge in [0.15, 0.2) is 0 Å². The monoisotopic (exact) mass is 208 g/mol. The van der Waals surface area contributed by atoms with Crippen molar-refractivity contribution in [2.24, 2.45) is 0 Å². The van der Waals surface area contributed by atoms with Gasteiger partial charge in [-0.25, -0.2) is 4.39 Å². The first-order valence-corrected chi connectivity index (χ1v) is 4.94. The van der Waals surface area contributed by atoms with Crippen LogP contribution in [0.5, 0.6) is 0 Å². The third kappa shape index (κ3) is 1.73. The fraction of sp³-hybridized carbons (Fsp3) is 0.167. The predicted molar refractivity (Wildman–Crippen MR) is 57.0 cm³/mol. The van der Waals surface area contributed by atoms with E-state index >= 15 is 0 Å². The number of hydrogen-bond donors (Lipinski definition) is 0. The lowest BCUT2D eigenvalue weighted by atomic mass is 9.92. The van der Waals surface area contributed by atoms with Crippen LogP contribution in [0.3, 0.4) is 0 Å². The van der Waals surface area contributed by atoms with Gasteiger partial charge in [-0.05, 0) is 18.6 Å². The van der Waals surface area contributed by atoms with Crippen LogP contribution in [0.2, 0.25) is 5.02 Å². The van der Waals surface area contributed by atoms with Crippen LogP contribution < -0.4 is 0 Å². The maximum Gasteiger partial charge on any atom is 0.128 e. The first-order chi connectivity index (χ1) is 6.79. The molecule has 0 saturated heterocycles. The molecule has 0 amide bonds. The number of benzene rings is 1. The summed E-state index contributed by atoms with van der Waals surface area (Å²) in [5.41, 5.74) is 0.606. The van der Waals surface area contributed by atoms with Crippen LogP contribution in [0, 0.1) is 5.82 Å². The summed E-state index contributed by atoms with van der Waals surface area (Å²) in [6.45, 7) is 0. The van der Waals surface area contributed by atoms with Crippen molar-refractivity contribution in [1.29, 1.82) is 0 Å². The Hall–Kier alpha value is -1.08. The Morgan fingerprint density at radius 1 is 1.29 bits per heavy atom. The molecule has 0 fully saturated rings. The lowest BCUT2D eigenvalue weighted by molar-refractivity contribution is 0.599. The summed E-state index contributed by atoms with van der Waals surface area (Å²) in [5.74, 6) is -0.142. The molecule has 1 aliphatic carbocycles. The van der Waals surface area contributed by atoms with Gasteiger partial charge in [0.2, 0.25) is 0 Å². The molecule has 1 aromatic carbocycles. The summed E-state index contributed by atoms with van der Waals surface area (Å²) in [6, 6.07) is 4.81. The molecule has 0 radical (unpaired) electrons. The van der Waals surface area contributed by atoms with Crippen molar-refractivity contribution in [3.8, 4) is 0 Å². The van der Waals surface area contributed by atoms with Gasteiger partial charge in [0, 0.05) is 16.5 Å². The molecular formula is C12H10ClF. The Bertz CT molecular complexity index is 373. The highest BCUT2D eigenvalue weighted by Crippen LogP contribution is 2.32. The van der Waals surface area contributed by atoms with Gasteiger partial charge in [0.25, 0.3) is 0 Å². The van der Waals surface area contributed by atoms with Gasteiger partial charge in [-0.15, -0.1) is 0 Å². The molecule has 1 unspecified atom stereocenters. The Labute approximate surface area is 87.7 Å². The minimum atomic E-state index is -0.220. The normalized spacial score (nSPS) is 20.0. The number of hydrogen-bond acceptors (Lipinski definition) is 0. The zero-order valence-corrected chi connectivity index (χ0v) is 8.34. The van der Waals surface area contributed by atoms with Crippen LogP contribution in [0.15, 0.2) is 42.5 Å². The molecular weight excluding hydrogens is 199 g/mol. The molecule has 2 rings (SSSR count). The van der Waals surface area contributed by atoms with Crippen LogP contribution in [-0.4, -0.2) is 0 Å². The van der Waals surface area contributed by atoms with Crippen molar-refractivity contribution in [1.82, 2.24) is 0 Å². The third-order valence-electron chi connectivity index (χ3n) is 2.35. The van der Waals surface area contributed by atoms with E-state index in [1.807, 2.05) is 24.3 Å². The maximum atomic E-state index is 13.5. The standard InChI is InChI=1S/C12H10ClF/c13-10-7-4-8-11(14)12(10)9-5-2-1-3-6-9/h1-5,7-9H,6H2. The summed E-state index contributed by atoms with van der Waals surface area (Å²) in [7, 11) is 0. The minimum absolute atomic E-state index is 0.0775. The van der Waals surface area contributed by atoms with Gasteiger partial charge in [-0.3, -0.25) is 0 Å². The van der Waals surface area contributed by atoms with Crippen molar-refractivity contribution in [3.05, 3.63) is 58.9 Å². The molecule has 2 heteroatoms. The third-order valence-corrected chi connectivity index (χ3v) is 2.68. The Morgan fingerprint density at radius 3 is 2.79 bits per heavy atom. The minimum Gasteiger partial charge on any atom is -0.207 e. The molecule has 0 nitrogen and oxygen atoms in total. The topological polar surface area (TPSA) is 0 Å². The summed E-state index contributed by atoms with van der Waals surface area (Å²) in [4.78, 5) is 0. The quantitative estimate of drug-likeness (QED) is 0.653. The van der Waals surface area contributed by atoms with Gasteiger partial charge in [0.05, 0.1) is 0 Å². The lowest BCUT2D eigenvalue weighted by Gasteiger charge is -2.15. The highest BCUT2D eigenvalue weighted by atomic mass is 35.5. The zero-order chi connectivity index (χ0) is 9.97. The molecule has 0 spiro atoms. The van der Waals surface area contributed by atoms with Crippen LogP contribution in [0.4, 0.5) is 4.39 Å². The first-order valence-electron chi connectivity index (χ1n) is 4.56. The Morgan fingerprint density at radius 2 is 2.14 bits per heavy atom. The fourth-order valence-corrected chi connectivity index (χ4v) is 1.96. The summed E-state index contributed by atoms with van der Waals surface area (Å²) < 4.78 is 13.5. The number of rotatable bonds is 1. The second-order valence-electron chi connectivity index (χ2n) is 3.29. The summed E-state index contributed by atoms with van der Waals surface area (Å²) >= 11 is 5.96. The molecule has 72 valence electrons. The van der Waals surface area contributed by atoms with Gasteiger partial charge >= 0.3 is 0 Å². The Balaban J connectivity index is 2.40. The van der Waals surface area contributed by atoms with Crippen molar-refractivity contribution in [2.75, 3.05) is 0 Å². The second kappa shape index (κ2) is 3.97. The van der Waals surface area contributed by atoms with Crippen molar-refractivity contribution in [3.63, 3.8) is 0 Å². The van der Waals surface area contributed by atoms with Gasteiger partial charge in [-0.1, -0.05) is 42.0 Å². The largest absolute Gasteiger partial charge is 0.207 e. The molecule has 0 heterocycles. The molecule has 0 N–H and O–H groups in total. The SMILES string of the molecule is Fc1cccc(Cl)c1C1C=CC=CC1. The first kappa shape index (κ1) is 9.47. The average Bonchev–Trinajstić information content (AvgIpc) is 2.19. The molecule has 0 saturated carbocycles. The summed E-state index contributed by atoms with van der Waals surface area (Å²) in [5, 5.41) is 0.509. The number of allylic oxidation sites excluding steroid dienone is 4. The van der Waals surface area contributed by atoms with Crippen LogP contribution in [-0.2, 0) is 0 Å². The average molecular weight is 209 g/mol. The van der Waals surface area contributed by atoms with Crippen molar-refractivity contribution >= 4 is 11.6 Å². The van der Waals surface area contributed by atoms with Crippen LogP contribution >= 0.6 is 11.6 Å². The van der Waals surface area contributed by atoms with E-state index < -0.39 is 0 Å². The van der Waals surface area contributed by atoms with E-state index in [0.29, 0.717) is 10.6 Å². The van der Waals surface area contributed by atoms with Crippen molar-refractivity contribution < 1.29 is 4.39 Å². The van der Waals surface area contributed by atoms with E-state index in [2.05, 4.69) is 0 Å². The molecule has 1 atom stereocenters.